The Morgan fingerprint density at radius 1 is 1.36 bits per heavy atom. The lowest BCUT2D eigenvalue weighted by molar-refractivity contribution is 0.0968. The molecule has 14 heavy (non-hydrogen) atoms. The Bertz CT molecular complexity index is 322. The van der Waals surface area contributed by atoms with Crippen molar-refractivity contribution >= 4 is 17.4 Å². The van der Waals surface area contributed by atoms with Gasteiger partial charge < -0.3 is 0 Å². The monoisotopic (exact) mass is 210 g/mol. The van der Waals surface area contributed by atoms with Gasteiger partial charge in [0.05, 0.1) is 0 Å². The summed E-state index contributed by atoms with van der Waals surface area (Å²) in [6.07, 6.45) is 0.583. The van der Waals surface area contributed by atoms with E-state index in [1.807, 2.05) is 32.9 Å². The minimum absolute atomic E-state index is 0.172. The lowest BCUT2D eigenvalue weighted by Crippen LogP contribution is -2.03. The SMILES string of the molecule is Cc1cc(Cl)cc(C(=O)CC(C)C)c1. The summed E-state index contributed by atoms with van der Waals surface area (Å²) >= 11 is 5.88. The van der Waals surface area contributed by atoms with Crippen molar-refractivity contribution in [3.63, 3.8) is 0 Å². The van der Waals surface area contributed by atoms with Crippen molar-refractivity contribution in [2.75, 3.05) is 0 Å². The van der Waals surface area contributed by atoms with E-state index in [0.29, 0.717) is 17.4 Å². The summed E-state index contributed by atoms with van der Waals surface area (Å²) < 4.78 is 0. The summed E-state index contributed by atoms with van der Waals surface area (Å²) in [7, 11) is 0. The molecule has 0 fully saturated rings. The fourth-order valence-electron chi connectivity index (χ4n) is 1.39. The van der Waals surface area contributed by atoms with E-state index in [2.05, 4.69) is 0 Å². The van der Waals surface area contributed by atoms with Crippen LogP contribution in [-0.2, 0) is 0 Å². The van der Waals surface area contributed by atoms with Crippen LogP contribution in [0.15, 0.2) is 18.2 Å². The van der Waals surface area contributed by atoms with Crippen molar-refractivity contribution in [2.45, 2.75) is 27.2 Å². The Balaban J connectivity index is 2.90. The number of hydrogen-bond acceptors (Lipinski definition) is 1. The van der Waals surface area contributed by atoms with Crippen LogP contribution in [0.5, 0.6) is 0 Å². The molecular weight excluding hydrogens is 196 g/mol. The number of benzene rings is 1. The zero-order valence-electron chi connectivity index (χ0n) is 8.80. The summed E-state index contributed by atoms with van der Waals surface area (Å²) in [6, 6.07) is 5.48. The maximum atomic E-state index is 11.7. The predicted octanol–water partition coefficient (Wildman–Crippen LogP) is 3.88. The van der Waals surface area contributed by atoms with Crippen LogP contribution >= 0.6 is 11.6 Å². The molecule has 0 aliphatic rings. The lowest BCUT2D eigenvalue weighted by Gasteiger charge is -2.05. The molecule has 0 saturated heterocycles. The fourth-order valence-corrected chi connectivity index (χ4v) is 1.68. The first-order valence-corrected chi connectivity index (χ1v) is 5.17. The van der Waals surface area contributed by atoms with Gasteiger partial charge in [0.2, 0.25) is 0 Å². The summed E-state index contributed by atoms with van der Waals surface area (Å²) in [6.45, 7) is 6.02. The van der Waals surface area contributed by atoms with Gasteiger partial charge in [-0.1, -0.05) is 25.4 Å². The topological polar surface area (TPSA) is 17.1 Å². The van der Waals surface area contributed by atoms with E-state index in [0.717, 1.165) is 11.1 Å². The number of Topliss-reactive ketones (excluding diaryl/α,β-unsaturated/α-hetero) is 1. The highest BCUT2D eigenvalue weighted by Gasteiger charge is 2.09. The number of ketones is 1. The second kappa shape index (κ2) is 4.61. The molecule has 0 amide bonds. The standard InChI is InChI=1S/C12H15ClO/c1-8(2)4-12(14)10-5-9(3)6-11(13)7-10/h5-8H,4H2,1-3H3. The highest BCUT2D eigenvalue weighted by atomic mass is 35.5. The van der Waals surface area contributed by atoms with E-state index in [1.54, 1.807) is 6.07 Å². The third kappa shape index (κ3) is 3.15. The lowest BCUT2D eigenvalue weighted by atomic mass is 10.00. The van der Waals surface area contributed by atoms with Crippen molar-refractivity contribution in [1.82, 2.24) is 0 Å². The second-order valence-corrected chi connectivity index (χ2v) is 4.47. The smallest absolute Gasteiger partial charge is 0.163 e. The molecule has 0 bridgehead atoms. The van der Waals surface area contributed by atoms with E-state index in [9.17, 15) is 4.79 Å². The van der Waals surface area contributed by atoms with Crippen LogP contribution in [0.1, 0.15) is 36.2 Å². The second-order valence-electron chi connectivity index (χ2n) is 4.04. The Morgan fingerprint density at radius 3 is 2.50 bits per heavy atom. The zero-order chi connectivity index (χ0) is 10.7. The summed E-state index contributed by atoms with van der Waals surface area (Å²) in [5, 5.41) is 0.636. The van der Waals surface area contributed by atoms with E-state index in [4.69, 9.17) is 11.6 Å². The number of hydrogen-bond donors (Lipinski definition) is 0. The van der Waals surface area contributed by atoms with E-state index >= 15 is 0 Å². The first-order chi connectivity index (χ1) is 6.49. The molecule has 76 valence electrons. The zero-order valence-corrected chi connectivity index (χ0v) is 9.56. The van der Waals surface area contributed by atoms with Gasteiger partial charge in [0.15, 0.2) is 5.78 Å². The van der Waals surface area contributed by atoms with Gasteiger partial charge in [-0.05, 0) is 36.6 Å². The van der Waals surface area contributed by atoms with Crippen molar-refractivity contribution in [3.05, 3.63) is 34.3 Å². The molecule has 0 heterocycles. The molecule has 0 saturated carbocycles. The highest BCUT2D eigenvalue weighted by Crippen LogP contribution is 2.17. The van der Waals surface area contributed by atoms with Crippen LogP contribution in [0.3, 0.4) is 0 Å². The third-order valence-electron chi connectivity index (χ3n) is 1.96. The van der Waals surface area contributed by atoms with Crippen molar-refractivity contribution in [1.29, 1.82) is 0 Å². The van der Waals surface area contributed by atoms with Crippen molar-refractivity contribution < 1.29 is 4.79 Å². The molecule has 0 spiro atoms. The van der Waals surface area contributed by atoms with Gasteiger partial charge in [0.25, 0.3) is 0 Å². The number of carbonyl (C=O) groups excluding carboxylic acids is 1. The molecule has 2 heteroatoms. The molecule has 1 aromatic carbocycles. The number of carbonyl (C=O) groups is 1. The molecule has 1 rings (SSSR count). The van der Waals surface area contributed by atoms with Gasteiger partial charge >= 0.3 is 0 Å². The minimum atomic E-state index is 0.172. The molecule has 0 aromatic heterocycles. The minimum Gasteiger partial charge on any atom is -0.294 e. The molecule has 0 aliphatic carbocycles. The van der Waals surface area contributed by atoms with Gasteiger partial charge in [-0.25, -0.2) is 0 Å². The summed E-state index contributed by atoms with van der Waals surface area (Å²) in [4.78, 5) is 11.7. The maximum absolute atomic E-state index is 11.7. The van der Waals surface area contributed by atoms with Crippen molar-refractivity contribution in [2.24, 2.45) is 5.92 Å². The van der Waals surface area contributed by atoms with E-state index < -0.39 is 0 Å². The quantitative estimate of drug-likeness (QED) is 0.692. The Hall–Kier alpha value is -0.820. The number of halogens is 1. The van der Waals surface area contributed by atoms with Gasteiger partial charge in [0, 0.05) is 17.0 Å². The molecular formula is C12H15ClO. The maximum Gasteiger partial charge on any atom is 0.163 e. The molecule has 1 nitrogen and oxygen atoms in total. The predicted molar refractivity (Wildman–Crippen MR) is 60.0 cm³/mol. The van der Waals surface area contributed by atoms with Gasteiger partial charge in [0.1, 0.15) is 0 Å². The van der Waals surface area contributed by atoms with Crippen LogP contribution in [-0.4, -0.2) is 5.78 Å². The molecule has 0 N–H and O–H groups in total. The number of rotatable bonds is 3. The summed E-state index contributed by atoms with van der Waals surface area (Å²) in [5.41, 5.74) is 1.76. The van der Waals surface area contributed by atoms with E-state index in [-0.39, 0.29) is 5.78 Å². The molecule has 1 aromatic rings. The third-order valence-corrected chi connectivity index (χ3v) is 2.18. The van der Waals surface area contributed by atoms with Crippen LogP contribution < -0.4 is 0 Å². The Labute approximate surface area is 90.1 Å². The first-order valence-electron chi connectivity index (χ1n) is 4.79. The largest absolute Gasteiger partial charge is 0.294 e. The molecule has 0 aliphatic heterocycles. The average Bonchev–Trinajstić information content (AvgIpc) is 2.00. The summed E-state index contributed by atoms with van der Waals surface area (Å²) in [5.74, 6) is 0.562. The van der Waals surface area contributed by atoms with Crippen LogP contribution in [0, 0.1) is 12.8 Å². The highest BCUT2D eigenvalue weighted by molar-refractivity contribution is 6.31. The molecule has 0 unspecified atom stereocenters. The average molecular weight is 211 g/mol. The van der Waals surface area contributed by atoms with Gasteiger partial charge in [-0.15, -0.1) is 0 Å². The Kier molecular flexibility index (Phi) is 3.70. The molecule has 0 atom stereocenters. The van der Waals surface area contributed by atoms with E-state index in [1.165, 1.54) is 0 Å². The Morgan fingerprint density at radius 2 is 2.00 bits per heavy atom. The normalized spacial score (nSPS) is 10.6. The van der Waals surface area contributed by atoms with Crippen LogP contribution in [0.4, 0.5) is 0 Å². The van der Waals surface area contributed by atoms with Crippen molar-refractivity contribution in [3.8, 4) is 0 Å². The molecule has 0 radical (unpaired) electrons. The fraction of sp³-hybridized carbons (Fsp3) is 0.417. The number of aryl methyl sites for hydroxylation is 1. The van der Waals surface area contributed by atoms with Crippen LogP contribution in [0.25, 0.3) is 0 Å². The van der Waals surface area contributed by atoms with Gasteiger partial charge in [-0.2, -0.15) is 0 Å². The van der Waals surface area contributed by atoms with Gasteiger partial charge in [-0.3, -0.25) is 4.79 Å². The van der Waals surface area contributed by atoms with Crippen LogP contribution in [0.2, 0.25) is 5.02 Å². The first kappa shape index (κ1) is 11.3.